The van der Waals surface area contributed by atoms with Gasteiger partial charge in [-0.25, -0.2) is 0 Å². The van der Waals surface area contributed by atoms with E-state index in [4.69, 9.17) is 5.73 Å². The van der Waals surface area contributed by atoms with Crippen LogP contribution in [0.5, 0.6) is 0 Å². The average Bonchev–Trinajstić information content (AvgIpc) is 3.13. The minimum atomic E-state index is 0. The number of rotatable bonds is 4. The van der Waals surface area contributed by atoms with Gasteiger partial charge in [-0.15, -0.1) is 12.4 Å². The molecule has 1 aromatic carbocycles. The van der Waals surface area contributed by atoms with Gasteiger partial charge >= 0.3 is 0 Å². The molecule has 1 amide bonds. The molecule has 1 aliphatic rings. The summed E-state index contributed by atoms with van der Waals surface area (Å²) in [6, 6.07) is 10.2. The molecule has 5 nitrogen and oxygen atoms in total. The molecular formula is C18H25ClN4O. The maximum Gasteiger partial charge on any atom is 0.257 e. The van der Waals surface area contributed by atoms with Crippen LogP contribution in [0.3, 0.4) is 0 Å². The molecule has 0 spiro atoms. The van der Waals surface area contributed by atoms with E-state index < -0.39 is 0 Å². The lowest BCUT2D eigenvalue weighted by Gasteiger charge is -2.22. The summed E-state index contributed by atoms with van der Waals surface area (Å²) in [6.07, 6.45) is 2.66. The second kappa shape index (κ2) is 7.36. The van der Waals surface area contributed by atoms with Crippen molar-refractivity contribution in [1.82, 2.24) is 14.7 Å². The van der Waals surface area contributed by atoms with Crippen LogP contribution in [0.15, 0.2) is 36.5 Å². The molecule has 3 rings (SSSR count). The molecule has 0 aliphatic carbocycles. The first-order valence-electron chi connectivity index (χ1n) is 8.08. The number of amides is 1. The Morgan fingerprint density at radius 1 is 1.33 bits per heavy atom. The molecule has 6 heteroatoms. The predicted molar refractivity (Wildman–Crippen MR) is 97.4 cm³/mol. The van der Waals surface area contributed by atoms with Crippen LogP contribution in [0, 0.1) is 12.3 Å². The molecule has 0 saturated carbocycles. The molecule has 1 unspecified atom stereocenters. The number of nitrogens with two attached hydrogens (primary N) is 1. The summed E-state index contributed by atoms with van der Waals surface area (Å²) < 4.78 is 1.89. The Bertz CT molecular complexity index is 700. The standard InChI is InChI=1S/C18H24N4O.ClH/c1-14-16(17(23)21-9-8-18(2,12-19)13-21)10-20-22(14)11-15-6-4-3-5-7-15;/h3-7,10H,8-9,11-13,19H2,1-2H3;1H. The molecule has 1 saturated heterocycles. The first kappa shape index (κ1) is 18.5. The lowest BCUT2D eigenvalue weighted by Crippen LogP contribution is -2.34. The van der Waals surface area contributed by atoms with E-state index in [0.717, 1.165) is 25.2 Å². The van der Waals surface area contributed by atoms with Gasteiger partial charge in [-0.05, 0) is 30.9 Å². The summed E-state index contributed by atoms with van der Waals surface area (Å²) in [7, 11) is 0. The summed E-state index contributed by atoms with van der Waals surface area (Å²) in [4.78, 5) is 14.7. The zero-order valence-electron chi connectivity index (χ0n) is 14.2. The molecule has 1 aliphatic heterocycles. The molecule has 1 atom stereocenters. The third kappa shape index (κ3) is 3.62. The van der Waals surface area contributed by atoms with E-state index in [1.165, 1.54) is 5.56 Å². The maximum atomic E-state index is 12.8. The fraction of sp³-hybridized carbons (Fsp3) is 0.444. The normalized spacial score (nSPS) is 20.0. The monoisotopic (exact) mass is 348 g/mol. The Labute approximate surface area is 149 Å². The second-order valence-electron chi connectivity index (χ2n) is 6.78. The molecule has 2 N–H and O–H groups in total. The highest BCUT2D eigenvalue weighted by atomic mass is 35.5. The van der Waals surface area contributed by atoms with Gasteiger partial charge in [0.15, 0.2) is 0 Å². The van der Waals surface area contributed by atoms with Crippen molar-refractivity contribution >= 4 is 18.3 Å². The number of nitrogens with zero attached hydrogens (tertiary/aromatic N) is 3. The van der Waals surface area contributed by atoms with E-state index in [0.29, 0.717) is 18.7 Å². The van der Waals surface area contributed by atoms with Crippen LogP contribution >= 0.6 is 12.4 Å². The van der Waals surface area contributed by atoms with Crippen LogP contribution in [0.2, 0.25) is 0 Å². The first-order chi connectivity index (χ1) is 11.0. The third-order valence-corrected chi connectivity index (χ3v) is 4.85. The molecule has 2 aromatic rings. The molecule has 1 fully saturated rings. The summed E-state index contributed by atoms with van der Waals surface area (Å²) in [5.41, 5.74) is 8.67. The van der Waals surface area contributed by atoms with Crippen molar-refractivity contribution in [2.24, 2.45) is 11.1 Å². The molecule has 1 aromatic heterocycles. The van der Waals surface area contributed by atoms with Crippen molar-refractivity contribution in [3.63, 3.8) is 0 Å². The van der Waals surface area contributed by atoms with Crippen molar-refractivity contribution < 1.29 is 4.79 Å². The van der Waals surface area contributed by atoms with Crippen LogP contribution in [-0.2, 0) is 6.54 Å². The minimum absolute atomic E-state index is 0. The van der Waals surface area contributed by atoms with E-state index >= 15 is 0 Å². The van der Waals surface area contributed by atoms with E-state index in [-0.39, 0.29) is 23.7 Å². The zero-order valence-corrected chi connectivity index (χ0v) is 15.1. The molecule has 0 bridgehead atoms. The fourth-order valence-corrected chi connectivity index (χ4v) is 3.11. The molecule has 130 valence electrons. The summed E-state index contributed by atoms with van der Waals surface area (Å²) in [6.45, 7) is 6.90. The second-order valence-corrected chi connectivity index (χ2v) is 6.78. The Hall–Kier alpha value is -1.85. The highest BCUT2D eigenvalue weighted by molar-refractivity contribution is 5.95. The average molecular weight is 349 g/mol. The van der Waals surface area contributed by atoms with Gasteiger partial charge in [0.1, 0.15) is 0 Å². The Kier molecular flexibility index (Phi) is 5.67. The Morgan fingerprint density at radius 3 is 2.67 bits per heavy atom. The van der Waals surface area contributed by atoms with Crippen LogP contribution in [0.4, 0.5) is 0 Å². The number of likely N-dealkylation sites (tertiary alicyclic amines) is 1. The van der Waals surface area contributed by atoms with Crippen LogP contribution in [0.25, 0.3) is 0 Å². The number of aromatic nitrogens is 2. The molecule has 0 radical (unpaired) electrons. The summed E-state index contributed by atoms with van der Waals surface area (Å²) in [5, 5.41) is 4.40. The van der Waals surface area contributed by atoms with Gasteiger partial charge in [0.05, 0.1) is 18.3 Å². The van der Waals surface area contributed by atoms with E-state index in [2.05, 4.69) is 24.2 Å². The van der Waals surface area contributed by atoms with Crippen LogP contribution in [0.1, 0.15) is 35.0 Å². The van der Waals surface area contributed by atoms with Crippen molar-refractivity contribution in [2.45, 2.75) is 26.8 Å². The van der Waals surface area contributed by atoms with Crippen molar-refractivity contribution in [3.05, 3.63) is 53.3 Å². The highest BCUT2D eigenvalue weighted by Gasteiger charge is 2.36. The lowest BCUT2D eigenvalue weighted by atomic mass is 9.90. The quantitative estimate of drug-likeness (QED) is 0.923. The molecule has 2 heterocycles. The van der Waals surface area contributed by atoms with Crippen LogP contribution in [-0.4, -0.2) is 40.2 Å². The highest BCUT2D eigenvalue weighted by Crippen LogP contribution is 2.29. The summed E-state index contributed by atoms with van der Waals surface area (Å²) in [5.74, 6) is 0.0685. The number of hydrogen-bond donors (Lipinski definition) is 1. The number of hydrogen-bond acceptors (Lipinski definition) is 3. The number of halogens is 1. The molecule has 24 heavy (non-hydrogen) atoms. The van der Waals surface area contributed by atoms with Gasteiger partial charge < -0.3 is 10.6 Å². The maximum absolute atomic E-state index is 12.8. The van der Waals surface area contributed by atoms with Crippen LogP contribution < -0.4 is 5.73 Å². The van der Waals surface area contributed by atoms with Crippen molar-refractivity contribution in [2.75, 3.05) is 19.6 Å². The molecular weight excluding hydrogens is 324 g/mol. The van der Waals surface area contributed by atoms with E-state index in [1.54, 1.807) is 6.20 Å². The van der Waals surface area contributed by atoms with Gasteiger partial charge in [0.25, 0.3) is 5.91 Å². The first-order valence-corrected chi connectivity index (χ1v) is 8.08. The number of carbonyl (C=O) groups excluding carboxylic acids is 1. The van der Waals surface area contributed by atoms with Gasteiger partial charge in [-0.1, -0.05) is 37.3 Å². The van der Waals surface area contributed by atoms with Gasteiger partial charge in [0.2, 0.25) is 0 Å². The summed E-state index contributed by atoms with van der Waals surface area (Å²) >= 11 is 0. The van der Waals surface area contributed by atoms with E-state index in [9.17, 15) is 4.79 Å². The van der Waals surface area contributed by atoms with Crippen molar-refractivity contribution in [3.8, 4) is 0 Å². The topological polar surface area (TPSA) is 64.2 Å². The smallest absolute Gasteiger partial charge is 0.257 e. The predicted octanol–water partition coefficient (Wildman–Crippen LogP) is 2.47. The number of benzene rings is 1. The van der Waals surface area contributed by atoms with E-state index in [1.807, 2.05) is 34.7 Å². The van der Waals surface area contributed by atoms with Gasteiger partial charge in [-0.2, -0.15) is 5.10 Å². The Morgan fingerprint density at radius 2 is 2.04 bits per heavy atom. The fourth-order valence-electron chi connectivity index (χ4n) is 3.11. The zero-order chi connectivity index (χ0) is 16.4. The minimum Gasteiger partial charge on any atom is -0.338 e. The largest absolute Gasteiger partial charge is 0.338 e. The van der Waals surface area contributed by atoms with Gasteiger partial charge in [-0.3, -0.25) is 9.48 Å². The SMILES string of the molecule is Cc1c(C(=O)N2CCC(C)(CN)C2)cnn1Cc1ccccc1.Cl. The third-order valence-electron chi connectivity index (χ3n) is 4.85. The number of carbonyl (C=O) groups is 1. The lowest BCUT2D eigenvalue weighted by molar-refractivity contribution is 0.0776. The Balaban J connectivity index is 0.00000208. The van der Waals surface area contributed by atoms with Gasteiger partial charge in [0, 0.05) is 18.8 Å². The van der Waals surface area contributed by atoms with Crippen molar-refractivity contribution in [1.29, 1.82) is 0 Å².